The lowest BCUT2D eigenvalue weighted by Crippen LogP contribution is -1.75. The molecule has 0 spiro atoms. The van der Waals surface area contributed by atoms with Crippen molar-refractivity contribution in [2.75, 3.05) is 0 Å². The molecule has 0 aliphatic heterocycles. The highest BCUT2D eigenvalue weighted by atomic mass is 79.9. The van der Waals surface area contributed by atoms with Crippen LogP contribution in [0.25, 0.3) is 10.8 Å². The predicted molar refractivity (Wildman–Crippen MR) is 88.5 cm³/mol. The average molecular weight is 343 g/mol. The Kier molecular flexibility index (Phi) is 4.14. The van der Waals surface area contributed by atoms with Gasteiger partial charge in [0.05, 0.1) is 5.69 Å². The Balaban J connectivity index is 1.90. The molecule has 98 valence electrons. The first-order chi connectivity index (χ1) is 9.84. The summed E-state index contributed by atoms with van der Waals surface area (Å²) in [6.45, 7) is 0. The summed E-state index contributed by atoms with van der Waals surface area (Å²) in [5, 5.41) is 6.58. The Hall–Kier alpha value is -1.65. The minimum atomic E-state index is 0.882. The Bertz CT molecular complexity index is 757. The molecule has 3 rings (SSSR count). The van der Waals surface area contributed by atoms with Crippen molar-refractivity contribution in [3.8, 4) is 0 Å². The van der Waals surface area contributed by atoms with E-state index in [4.69, 9.17) is 0 Å². The highest BCUT2D eigenvalue weighted by molar-refractivity contribution is 9.10. The summed E-state index contributed by atoms with van der Waals surface area (Å²) in [5.41, 5.74) is 0.882. The van der Waals surface area contributed by atoms with Crippen molar-refractivity contribution in [3.05, 3.63) is 71.2 Å². The van der Waals surface area contributed by atoms with Gasteiger partial charge in [0.15, 0.2) is 0 Å². The Morgan fingerprint density at radius 2 is 1.45 bits per heavy atom. The van der Waals surface area contributed by atoms with Crippen LogP contribution in [-0.2, 0) is 0 Å². The molecular weight excluding hydrogens is 332 g/mol. The molecule has 0 saturated heterocycles. The highest BCUT2D eigenvalue weighted by Gasteiger charge is 2.02. The largest absolute Gasteiger partial charge is 0.143 e. The van der Waals surface area contributed by atoms with Crippen molar-refractivity contribution >= 4 is 44.3 Å². The van der Waals surface area contributed by atoms with E-state index < -0.39 is 0 Å². The predicted octanol–water partition coefficient (Wildman–Crippen LogP) is 6.39. The molecule has 0 atom stereocenters. The first-order valence-electron chi connectivity index (χ1n) is 6.15. The molecule has 3 aromatic carbocycles. The second-order valence-electron chi connectivity index (χ2n) is 4.20. The van der Waals surface area contributed by atoms with E-state index in [0.29, 0.717) is 0 Å². The maximum Gasteiger partial charge on any atom is 0.0942 e. The fourth-order valence-corrected chi connectivity index (χ4v) is 2.91. The summed E-state index contributed by atoms with van der Waals surface area (Å²) in [4.78, 5) is 1.08. The Morgan fingerprint density at radius 3 is 2.25 bits per heavy atom. The first-order valence-corrected chi connectivity index (χ1v) is 7.71. The van der Waals surface area contributed by atoms with Gasteiger partial charge in [0.25, 0.3) is 0 Å². The molecule has 0 saturated carbocycles. The zero-order valence-corrected chi connectivity index (χ0v) is 12.9. The summed E-state index contributed by atoms with van der Waals surface area (Å²) in [6.07, 6.45) is 0. The van der Waals surface area contributed by atoms with Crippen LogP contribution < -0.4 is 0 Å². The standard InChI is InChI=1S/C16H11BrN2S/c17-15-10-11-16(14-9-5-4-8-13(14)15)18-19-20-12-6-2-1-3-7-12/h1-11H/b19-18+. The van der Waals surface area contributed by atoms with E-state index in [0.717, 1.165) is 25.8 Å². The van der Waals surface area contributed by atoms with E-state index in [1.807, 2.05) is 54.6 Å². The van der Waals surface area contributed by atoms with Crippen molar-refractivity contribution in [2.45, 2.75) is 4.90 Å². The highest BCUT2D eigenvalue weighted by Crippen LogP contribution is 2.33. The van der Waals surface area contributed by atoms with Crippen molar-refractivity contribution in [3.63, 3.8) is 0 Å². The smallest absolute Gasteiger partial charge is 0.0942 e. The number of hydrogen-bond donors (Lipinski definition) is 0. The number of rotatable bonds is 3. The van der Waals surface area contributed by atoms with Gasteiger partial charge < -0.3 is 0 Å². The van der Waals surface area contributed by atoms with Gasteiger partial charge in [-0.3, -0.25) is 0 Å². The normalized spacial score (nSPS) is 11.2. The SMILES string of the molecule is Brc1ccc(/N=N/Sc2ccccc2)c2ccccc12. The molecule has 0 radical (unpaired) electrons. The van der Waals surface area contributed by atoms with Crippen LogP contribution in [0, 0.1) is 0 Å². The number of nitrogens with zero attached hydrogens (tertiary/aromatic N) is 2. The summed E-state index contributed by atoms with van der Waals surface area (Å²) < 4.78 is 5.29. The molecule has 0 unspecified atom stereocenters. The lowest BCUT2D eigenvalue weighted by atomic mass is 10.1. The van der Waals surface area contributed by atoms with Gasteiger partial charge in [0.2, 0.25) is 0 Å². The summed E-state index contributed by atoms with van der Waals surface area (Å²) in [6, 6.07) is 22.1. The Morgan fingerprint density at radius 1 is 0.750 bits per heavy atom. The fourth-order valence-electron chi connectivity index (χ4n) is 1.93. The van der Waals surface area contributed by atoms with Gasteiger partial charge in [0.1, 0.15) is 0 Å². The molecule has 0 heterocycles. The van der Waals surface area contributed by atoms with Gasteiger partial charge in [-0.25, -0.2) is 0 Å². The molecule has 0 bridgehead atoms. The third kappa shape index (κ3) is 2.92. The fraction of sp³-hybridized carbons (Fsp3) is 0. The molecule has 2 nitrogen and oxygen atoms in total. The quantitative estimate of drug-likeness (QED) is 0.399. The third-order valence-electron chi connectivity index (χ3n) is 2.89. The summed E-state index contributed by atoms with van der Waals surface area (Å²) >= 11 is 4.93. The van der Waals surface area contributed by atoms with E-state index in [9.17, 15) is 0 Å². The summed E-state index contributed by atoms with van der Waals surface area (Å²) in [5.74, 6) is 0. The number of fused-ring (bicyclic) bond motifs is 1. The van der Waals surface area contributed by atoms with Gasteiger partial charge >= 0.3 is 0 Å². The molecule has 3 aromatic rings. The molecule has 0 amide bonds. The van der Waals surface area contributed by atoms with Gasteiger partial charge in [-0.15, -0.1) is 9.63 Å². The number of benzene rings is 3. The molecule has 0 aliphatic carbocycles. The molecule has 0 N–H and O–H groups in total. The van der Waals surface area contributed by atoms with Crippen LogP contribution in [0.15, 0.2) is 85.7 Å². The average Bonchev–Trinajstić information content (AvgIpc) is 2.51. The second-order valence-corrected chi connectivity index (χ2v) is 5.87. The molecule has 4 heteroatoms. The van der Waals surface area contributed by atoms with Crippen LogP contribution >= 0.6 is 27.9 Å². The minimum Gasteiger partial charge on any atom is -0.143 e. The van der Waals surface area contributed by atoms with Crippen molar-refractivity contribution in [2.24, 2.45) is 9.63 Å². The van der Waals surface area contributed by atoms with Crippen LogP contribution in [-0.4, -0.2) is 0 Å². The second kappa shape index (κ2) is 6.20. The van der Waals surface area contributed by atoms with Crippen molar-refractivity contribution in [1.29, 1.82) is 0 Å². The third-order valence-corrected chi connectivity index (χ3v) is 4.22. The van der Waals surface area contributed by atoms with Gasteiger partial charge in [0, 0.05) is 26.7 Å². The molecular formula is C16H11BrN2S. The van der Waals surface area contributed by atoms with Gasteiger partial charge in [-0.2, -0.15) is 0 Å². The monoisotopic (exact) mass is 342 g/mol. The zero-order valence-electron chi connectivity index (χ0n) is 10.5. The van der Waals surface area contributed by atoms with Crippen LogP contribution in [0.5, 0.6) is 0 Å². The first kappa shape index (κ1) is 13.3. The van der Waals surface area contributed by atoms with Crippen molar-refractivity contribution < 1.29 is 0 Å². The van der Waals surface area contributed by atoms with E-state index in [-0.39, 0.29) is 0 Å². The van der Waals surface area contributed by atoms with Crippen LogP contribution in [0.4, 0.5) is 5.69 Å². The summed E-state index contributed by atoms with van der Waals surface area (Å²) in [7, 11) is 0. The van der Waals surface area contributed by atoms with Gasteiger partial charge in [-0.05, 0) is 29.7 Å². The lowest BCUT2D eigenvalue weighted by molar-refractivity contribution is 1.34. The van der Waals surface area contributed by atoms with Crippen LogP contribution in [0.3, 0.4) is 0 Å². The number of hydrogen-bond acceptors (Lipinski definition) is 3. The molecule has 0 fully saturated rings. The van der Waals surface area contributed by atoms with Crippen LogP contribution in [0.1, 0.15) is 0 Å². The minimum absolute atomic E-state index is 0.882. The van der Waals surface area contributed by atoms with E-state index in [1.54, 1.807) is 0 Å². The topological polar surface area (TPSA) is 24.7 Å². The molecule has 20 heavy (non-hydrogen) atoms. The van der Waals surface area contributed by atoms with Gasteiger partial charge in [-0.1, -0.05) is 58.4 Å². The maximum atomic E-state index is 4.34. The number of halogens is 1. The van der Waals surface area contributed by atoms with Crippen molar-refractivity contribution in [1.82, 2.24) is 0 Å². The maximum absolute atomic E-state index is 4.34. The van der Waals surface area contributed by atoms with E-state index in [2.05, 4.69) is 37.7 Å². The molecule has 0 aliphatic rings. The van der Waals surface area contributed by atoms with E-state index in [1.165, 1.54) is 11.9 Å². The zero-order chi connectivity index (χ0) is 13.8. The lowest BCUT2D eigenvalue weighted by Gasteiger charge is -2.02. The van der Waals surface area contributed by atoms with E-state index >= 15 is 0 Å². The molecule has 0 aromatic heterocycles. The Labute approximate surface area is 130 Å². The van der Waals surface area contributed by atoms with Crippen LogP contribution in [0.2, 0.25) is 0 Å².